The largest absolute Gasteiger partial charge is 0.497 e. The lowest BCUT2D eigenvalue weighted by Gasteiger charge is -2.17. The molecule has 0 aliphatic carbocycles. The topological polar surface area (TPSA) is 119 Å². The first-order chi connectivity index (χ1) is 22.8. The van der Waals surface area contributed by atoms with E-state index in [9.17, 15) is 14.4 Å². The number of carbonyl (C=O) groups excluding carboxylic acids is 3. The summed E-state index contributed by atoms with van der Waals surface area (Å²) in [5.74, 6) is -0.114. The summed E-state index contributed by atoms with van der Waals surface area (Å²) < 4.78 is 10.8. The Bertz CT molecular complexity index is 1880. The summed E-state index contributed by atoms with van der Waals surface area (Å²) >= 11 is 2.76. The van der Waals surface area contributed by atoms with Crippen molar-refractivity contribution in [3.05, 3.63) is 137 Å². The Kier molecular flexibility index (Phi) is 11.1. The number of ether oxygens (including phenoxy) is 2. The number of nitrogens with one attached hydrogen (secondary N) is 3. The number of hydrogen-bond donors (Lipinski definition) is 3. The lowest BCUT2D eigenvalue weighted by molar-refractivity contribution is -0.116. The van der Waals surface area contributed by atoms with E-state index in [4.69, 9.17) is 9.47 Å². The normalized spacial score (nSPS) is 11.7. The van der Waals surface area contributed by atoms with Gasteiger partial charge >= 0.3 is 0 Å². The van der Waals surface area contributed by atoms with Crippen molar-refractivity contribution in [2.45, 2.75) is 17.1 Å². The summed E-state index contributed by atoms with van der Waals surface area (Å²) in [6.07, 6.45) is 1.55. The number of aryl methyl sites for hydroxylation is 1. The molecule has 5 rings (SSSR count). The molecule has 1 atom stereocenters. The van der Waals surface area contributed by atoms with Crippen molar-refractivity contribution in [2.24, 2.45) is 0 Å². The van der Waals surface area contributed by atoms with Gasteiger partial charge in [-0.1, -0.05) is 48.5 Å². The van der Waals surface area contributed by atoms with Crippen molar-refractivity contribution in [2.75, 3.05) is 24.9 Å². The molecule has 0 saturated carbocycles. The van der Waals surface area contributed by atoms with Crippen molar-refractivity contribution in [3.8, 4) is 11.5 Å². The highest BCUT2D eigenvalue weighted by molar-refractivity contribution is 8.00. The molecule has 11 heteroatoms. The van der Waals surface area contributed by atoms with Crippen LogP contribution in [-0.4, -0.2) is 36.9 Å². The summed E-state index contributed by atoms with van der Waals surface area (Å²) in [7, 11) is 3.06. The molecule has 238 valence electrons. The van der Waals surface area contributed by atoms with Gasteiger partial charge in [0, 0.05) is 33.2 Å². The zero-order valence-electron chi connectivity index (χ0n) is 25.9. The number of aromatic nitrogens is 1. The molecule has 0 saturated heterocycles. The number of benzene rings is 4. The van der Waals surface area contributed by atoms with Gasteiger partial charge < -0.3 is 25.4 Å². The SMILES string of the molecule is COc1ccc(/C=C(\NC(=O)c2ccccc2)C(=O)Nc2ccc(SC(C(=O)Nc3nc(C)cs3)c3ccccc3)cc2)c(OC)c1. The second kappa shape index (κ2) is 15.7. The van der Waals surface area contributed by atoms with Gasteiger partial charge in [-0.25, -0.2) is 4.98 Å². The van der Waals surface area contributed by atoms with E-state index in [-0.39, 0.29) is 11.6 Å². The lowest BCUT2D eigenvalue weighted by Crippen LogP contribution is -2.30. The Labute approximate surface area is 281 Å². The van der Waals surface area contributed by atoms with E-state index < -0.39 is 17.1 Å². The van der Waals surface area contributed by atoms with Crippen LogP contribution in [0.3, 0.4) is 0 Å². The fraction of sp³-hybridized carbons (Fsp3) is 0.111. The van der Waals surface area contributed by atoms with E-state index in [0.717, 1.165) is 16.2 Å². The van der Waals surface area contributed by atoms with Crippen LogP contribution in [0.4, 0.5) is 10.8 Å². The van der Waals surface area contributed by atoms with Crippen LogP contribution in [0.2, 0.25) is 0 Å². The van der Waals surface area contributed by atoms with Crippen molar-refractivity contribution >= 4 is 57.7 Å². The van der Waals surface area contributed by atoms with Crippen LogP contribution < -0.4 is 25.4 Å². The van der Waals surface area contributed by atoms with Gasteiger partial charge in [0.25, 0.3) is 11.8 Å². The second-order valence-corrected chi connectivity index (χ2v) is 12.2. The number of anilines is 2. The first-order valence-corrected chi connectivity index (χ1v) is 16.2. The minimum Gasteiger partial charge on any atom is -0.497 e. The number of nitrogens with zero attached hydrogens (tertiary/aromatic N) is 1. The maximum Gasteiger partial charge on any atom is 0.272 e. The quantitative estimate of drug-likeness (QED) is 0.0943. The van der Waals surface area contributed by atoms with Gasteiger partial charge in [0.15, 0.2) is 5.13 Å². The van der Waals surface area contributed by atoms with Crippen LogP contribution >= 0.6 is 23.1 Å². The summed E-state index contributed by atoms with van der Waals surface area (Å²) in [5.41, 5.74) is 3.16. The van der Waals surface area contributed by atoms with E-state index in [2.05, 4.69) is 20.9 Å². The molecule has 1 aromatic heterocycles. The molecular weight excluding hydrogens is 633 g/mol. The van der Waals surface area contributed by atoms with E-state index in [1.54, 1.807) is 73.8 Å². The maximum atomic E-state index is 13.6. The minimum absolute atomic E-state index is 0.0130. The van der Waals surface area contributed by atoms with E-state index in [1.165, 1.54) is 30.2 Å². The predicted molar refractivity (Wildman–Crippen MR) is 187 cm³/mol. The van der Waals surface area contributed by atoms with Crippen LogP contribution in [0, 0.1) is 6.92 Å². The molecule has 47 heavy (non-hydrogen) atoms. The van der Waals surface area contributed by atoms with Crippen LogP contribution in [0.25, 0.3) is 6.08 Å². The van der Waals surface area contributed by atoms with Crippen LogP contribution in [0.1, 0.15) is 32.4 Å². The first kappa shape index (κ1) is 33.0. The Morgan fingerprint density at radius 3 is 2.19 bits per heavy atom. The highest BCUT2D eigenvalue weighted by Crippen LogP contribution is 2.37. The monoisotopic (exact) mass is 664 g/mol. The van der Waals surface area contributed by atoms with Gasteiger partial charge in [0.05, 0.1) is 19.9 Å². The number of carbonyl (C=O) groups is 3. The molecule has 9 nitrogen and oxygen atoms in total. The van der Waals surface area contributed by atoms with Crippen molar-refractivity contribution in [3.63, 3.8) is 0 Å². The molecule has 0 fully saturated rings. The molecule has 0 spiro atoms. The van der Waals surface area contributed by atoms with Gasteiger partial charge in [-0.15, -0.1) is 23.1 Å². The third-order valence-electron chi connectivity index (χ3n) is 6.83. The van der Waals surface area contributed by atoms with E-state index in [0.29, 0.717) is 33.4 Å². The van der Waals surface area contributed by atoms with Crippen LogP contribution in [-0.2, 0) is 9.59 Å². The zero-order chi connectivity index (χ0) is 33.2. The molecule has 3 N–H and O–H groups in total. The number of amides is 3. The molecular formula is C36H32N4O5S2. The molecule has 0 bridgehead atoms. The van der Waals surface area contributed by atoms with Crippen LogP contribution in [0.15, 0.2) is 119 Å². The average Bonchev–Trinajstić information content (AvgIpc) is 3.52. The number of hydrogen-bond acceptors (Lipinski definition) is 8. The molecule has 1 unspecified atom stereocenters. The Hall–Kier alpha value is -5.39. The first-order valence-electron chi connectivity index (χ1n) is 14.5. The summed E-state index contributed by atoms with van der Waals surface area (Å²) in [5, 5.41) is 10.4. The Morgan fingerprint density at radius 1 is 0.851 bits per heavy atom. The molecule has 1 heterocycles. The third kappa shape index (κ3) is 8.87. The number of thioether (sulfide) groups is 1. The molecule has 5 aromatic rings. The number of rotatable bonds is 12. The van der Waals surface area contributed by atoms with Crippen molar-refractivity contribution in [1.82, 2.24) is 10.3 Å². The van der Waals surface area contributed by atoms with Crippen molar-refractivity contribution in [1.29, 1.82) is 0 Å². The average molecular weight is 665 g/mol. The van der Waals surface area contributed by atoms with Gasteiger partial charge in [0.1, 0.15) is 22.4 Å². The minimum atomic E-state index is -0.539. The van der Waals surface area contributed by atoms with Gasteiger partial charge in [-0.3, -0.25) is 14.4 Å². The second-order valence-electron chi connectivity index (χ2n) is 10.2. The zero-order valence-corrected chi connectivity index (χ0v) is 27.5. The fourth-order valence-electron chi connectivity index (χ4n) is 4.47. The Balaban J connectivity index is 1.35. The molecule has 0 radical (unpaired) electrons. The van der Waals surface area contributed by atoms with Gasteiger partial charge in [-0.2, -0.15) is 0 Å². The summed E-state index contributed by atoms with van der Waals surface area (Å²) in [6, 6.07) is 30.5. The summed E-state index contributed by atoms with van der Waals surface area (Å²) in [4.78, 5) is 45.2. The maximum absolute atomic E-state index is 13.6. The third-order valence-corrected chi connectivity index (χ3v) is 8.97. The van der Waals surface area contributed by atoms with E-state index >= 15 is 0 Å². The van der Waals surface area contributed by atoms with Gasteiger partial charge in [0.2, 0.25) is 5.91 Å². The van der Waals surface area contributed by atoms with Crippen molar-refractivity contribution < 1.29 is 23.9 Å². The smallest absolute Gasteiger partial charge is 0.272 e. The predicted octanol–water partition coefficient (Wildman–Crippen LogP) is 7.35. The molecule has 4 aromatic carbocycles. The molecule has 3 amide bonds. The molecule has 0 aliphatic heterocycles. The van der Waals surface area contributed by atoms with E-state index in [1.807, 2.05) is 54.8 Å². The summed E-state index contributed by atoms with van der Waals surface area (Å²) in [6.45, 7) is 1.88. The lowest BCUT2D eigenvalue weighted by atomic mass is 10.1. The number of methoxy groups -OCH3 is 2. The van der Waals surface area contributed by atoms with Crippen LogP contribution in [0.5, 0.6) is 11.5 Å². The van der Waals surface area contributed by atoms with Gasteiger partial charge in [-0.05, 0) is 67.1 Å². The Morgan fingerprint density at radius 2 is 1.55 bits per heavy atom. The molecule has 0 aliphatic rings. The highest BCUT2D eigenvalue weighted by atomic mass is 32.2. The highest BCUT2D eigenvalue weighted by Gasteiger charge is 2.23. The fourth-order valence-corrected chi connectivity index (χ4v) is 6.19. The number of thiazole rings is 1. The standard InChI is InChI=1S/C36H32N4O5S2/c1-23-22-46-36(37-23)40-35(43)32(24-10-6-4-7-11-24)47-29-18-15-27(16-19-29)38-34(42)30(39-33(41)25-12-8-5-9-13-25)20-26-14-17-28(44-2)21-31(26)45-3/h4-22,32H,1-3H3,(H,38,42)(H,39,41)(H,37,40,43)/b30-20-.